The summed E-state index contributed by atoms with van der Waals surface area (Å²) in [6.07, 6.45) is 15.2. The fraction of sp³-hybridized carbons (Fsp3) is 0.146. The summed E-state index contributed by atoms with van der Waals surface area (Å²) in [6.45, 7) is 9.16. The molecule has 2 aliphatic heterocycles. The van der Waals surface area contributed by atoms with Gasteiger partial charge in [0.15, 0.2) is 11.6 Å². The van der Waals surface area contributed by atoms with Crippen molar-refractivity contribution < 1.29 is 38.2 Å². The Labute approximate surface area is 664 Å². The van der Waals surface area contributed by atoms with Crippen molar-refractivity contribution in [3.05, 3.63) is 350 Å². The molecular formula is C82H72BrCl2CuIN10O2P2PdS2+. The molecule has 0 fully saturated rings. The van der Waals surface area contributed by atoms with Crippen LogP contribution in [0.4, 0.5) is 0 Å². The molecule has 0 saturated carbocycles. The molecule has 0 N–H and O–H groups in total. The van der Waals surface area contributed by atoms with Crippen molar-refractivity contribution in [1.82, 2.24) is 49.1 Å². The van der Waals surface area contributed by atoms with Gasteiger partial charge in [0.2, 0.25) is 0 Å². The van der Waals surface area contributed by atoms with Crippen molar-refractivity contribution in [3.63, 3.8) is 0 Å². The summed E-state index contributed by atoms with van der Waals surface area (Å²) in [6, 6.07) is 85.7. The van der Waals surface area contributed by atoms with E-state index in [9.17, 15) is 0 Å². The zero-order valence-corrected chi connectivity index (χ0v) is 68.7. The van der Waals surface area contributed by atoms with Crippen LogP contribution in [0.3, 0.4) is 0 Å². The summed E-state index contributed by atoms with van der Waals surface area (Å²) in [5.41, 5.74) is 9.08. The first-order valence-corrected chi connectivity index (χ1v) is 44.9. The van der Waals surface area contributed by atoms with Crippen molar-refractivity contribution in [2.45, 2.75) is 66.0 Å². The van der Waals surface area contributed by atoms with Crippen molar-refractivity contribution in [2.75, 3.05) is 0 Å². The maximum Gasteiger partial charge on any atom is -0.0134 e. The van der Waals surface area contributed by atoms with Gasteiger partial charge in [-0.1, -0.05) is 254 Å². The van der Waals surface area contributed by atoms with E-state index in [2.05, 4.69) is 317 Å². The Balaban J connectivity index is 0.000000143. The predicted molar refractivity (Wildman–Crippen MR) is 435 cm³/mol. The minimum atomic E-state index is -0.446. The molecule has 16 rings (SSSR count). The fourth-order valence-corrected chi connectivity index (χ4v) is 19.3. The number of hydrogen-bond acceptors (Lipinski definition) is 10. The third-order valence-electron chi connectivity index (χ3n) is 16.3. The zero-order valence-electron chi connectivity index (χ0n) is 57.5. The summed E-state index contributed by atoms with van der Waals surface area (Å²) in [5, 5.41) is 35.9. The molecule has 2 atom stereocenters. The molecule has 0 saturated heterocycles. The van der Waals surface area contributed by atoms with Gasteiger partial charge in [0.1, 0.15) is 33.9 Å². The monoisotopic (exact) mass is 1800 g/mol. The van der Waals surface area contributed by atoms with E-state index < -0.39 is 15.8 Å². The van der Waals surface area contributed by atoms with Crippen molar-refractivity contribution >= 4 is 126 Å². The van der Waals surface area contributed by atoms with Crippen LogP contribution in [-0.2, 0) is 78.3 Å². The van der Waals surface area contributed by atoms with E-state index in [1.54, 1.807) is 78.0 Å². The number of nitrogens with zero attached hydrogens (tertiary/aromatic N) is 10. The zero-order chi connectivity index (χ0) is 73.2. The predicted octanol–water partition coefficient (Wildman–Crippen LogP) is 18.0. The molecule has 0 radical (unpaired) electrons. The number of aromatic nitrogens is 10. The quantitative estimate of drug-likeness (QED) is 0.0437. The van der Waals surface area contributed by atoms with Crippen molar-refractivity contribution in [2.24, 2.45) is 14.1 Å². The number of fused-ring (bicyclic) bond motifs is 6. The van der Waals surface area contributed by atoms with Crippen LogP contribution in [0.25, 0.3) is 10.0 Å². The maximum atomic E-state index is 6.65. The molecule has 22 heteroatoms. The first-order valence-electron chi connectivity index (χ1n) is 32.8. The van der Waals surface area contributed by atoms with Gasteiger partial charge in [-0.05, 0) is 126 Å². The van der Waals surface area contributed by atoms with E-state index in [0.717, 1.165) is 55.4 Å². The van der Waals surface area contributed by atoms with E-state index in [-0.39, 0.29) is 28.1 Å². The Morgan fingerprint density at radius 1 is 0.500 bits per heavy atom. The van der Waals surface area contributed by atoms with Crippen LogP contribution in [0.5, 0.6) is 0 Å². The topological polar surface area (TPSA) is 116 Å². The average molecular weight is 1800 g/mol. The molecule has 0 bridgehead atoms. The van der Waals surface area contributed by atoms with Gasteiger partial charge in [-0.2, -0.15) is 5.10 Å². The van der Waals surface area contributed by atoms with Gasteiger partial charge < -0.3 is 9.47 Å². The van der Waals surface area contributed by atoms with E-state index in [4.69, 9.17) is 35.0 Å². The van der Waals surface area contributed by atoms with Gasteiger partial charge >= 0.3 is 115 Å². The minimum absolute atomic E-state index is 0.0563. The van der Waals surface area contributed by atoms with E-state index >= 15 is 0 Å². The van der Waals surface area contributed by atoms with Gasteiger partial charge in [-0.3, -0.25) is 13.8 Å². The molecular weight excluding hydrogens is 1730 g/mol. The van der Waals surface area contributed by atoms with E-state index in [1.807, 2.05) is 53.1 Å². The molecule has 0 unspecified atom stereocenters. The number of halogens is 4. The second-order valence-electron chi connectivity index (χ2n) is 23.4. The smallest absolute Gasteiger partial charge is 0.0134 e. The molecule has 6 aromatic heterocycles. The van der Waals surface area contributed by atoms with E-state index in [1.165, 1.54) is 70.2 Å². The Bertz CT molecular complexity index is 4740. The summed E-state index contributed by atoms with van der Waals surface area (Å²) in [7, 11) is 12.4. The molecule has 2 aliphatic rings. The summed E-state index contributed by atoms with van der Waals surface area (Å²) in [5.74, 6) is 12.4. The van der Waals surface area contributed by atoms with Crippen LogP contribution in [0.15, 0.2) is 271 Å². The number of rotatable bonds is 10. The van der Waals surface area contributed by atoms with Gasteiger partial charge in [-0.15, -0.1) is 43.1 Å². The molecule has 532 valence electrons. The first-order chi connectivity index (χ1) is 50.9. The van der Waals surface area contributed by atoms with Gasteiger partial charge in [0, 0.05) is 24.4 Å². The third kappa shape index (κ3) is 21.4. The molecule has 0 aliphatic carbocycles. The number of hydrogen-bond donors (Lipinski definition) is 0. The van der Waals surface area contributed by atoms with Gasteiger partial charge in [0.25, 0.3) is 0 Å². The molecule has 0 amide bonds. The maximum absolute atomic E-state index is 6.65. The normalized spacial score (nSPS) is 12.9. The number of thiophene rings is 2. The number of ether oxygens (including phenoxy) is 2. The number of benzene rings is 8. The third-order valence-corrected chi connectivity index (χ3v) is 24.4. The van der Waals surface area contributed by atoms with Crippen LogP contribution in [0.2, 0.25) is 0 Å². The van der Waals surface area contributed by atoms with Crippen molar-refractivity contribution in [3.8, 4) is 27.8 Å². The Morgan fingerprint density at radius 3 is 1.14 bits per heavy atom. The standard InChI is InChI=1S/C23H21N5OS.2C18H15P.C17H16BrN3OS.C6H5N2.2ClH.Cu.HI.Pd/c1-15-22-26-25-16(2)28(22)23-20(14-29-15)19(11-17-7-5-4-6-8-17)21(30-23)10-9-18-12-24-27(3)13-18;2*1-4-10-16(11-5-1)19(17-12-6-2-7-13-17)18-14-8-3-9-15-18;1-10-16-20-19-11(2)21(16)17-14(9-22-10)13(15(18)23-17)8-12-6-4-3-5-7-12;1-3-6-4-7-8(2)5-6;;;;;/h4-8,12-13,15H,11,14H2,1-3H3;2*1-15H;3-7,10H,8-9H2,1-2H3;4-5H,2H3;2*1H;;1H;/q;;;;+1;;;+1;;+2/p-3/t15-;;;10-;;;;;;/m0..0....../s1. The number of aryl methyl sites for hydroxylation is 4. The molecule has 8 aromatic carbocycles. The minimum Gasteiger partial charge on any atom is -0.0622 e. The Kier molecular flexibility index (Phi) is 31.5. The summed E-state index contributed by atoms with van der Waals surface area (Å²) < 4.78 is 21.0. The largest absolute Gasteiger partial charge is 0.0622 e. The Hall–Kier alpha value is -7.05. The van der Waals surface area contributed by atoms with Gasteiger partial charge in [0.05, 0.1) is 33.6 Å². The Morgan fingerprint density at radius 2 is 0.817 bits per heavy atom. The van der Waals surface area contributed by atoms with E-state index in [0.29, 0.717) is 18.8 Å². The molecule has 104 heavy (non-hydrogen) atoms. The van der Waals surface area contributed by atoms with Crippen LogP contribution < -0.4 is 31.8 Å². The first kappa shape index (κ1) is 79.5. The molecule has 12 nitrogen and oxygen atoms in total. The van der Waals surface area contributed by atoms with Crippen LogP contribution in [-0.4, -0.2) is 49.1 Å². The van der Waals surface area contributed by atoms with Gasteiger partial charge in [-0.25, -0.2) is 0 Å². The van der Waals surface area contributed by atoms with Crippen molar-refractivity contribution in [1.29, 1.82) is 0 Å². The summed E-state index contributed by atoms with van der Waals surface area (Å²) in [4.78, 5) is 1.05. The molecule has 8 heterocycles. The van der Waals surface area contributed by atoms with Crippen LogP contribution in [0.1, 0.15) is 98.7 Å². The molecule has 0 spiro atoms. The van der Waals surface area contributed by atoms with Crippen LogP contribution >= 0.6 is 93.8 Å². The molecule has 14 aromatic rings. The SMILES string of the molecule is Cc1nnc2n1-c1sc(Br)c(Cc3ccccc3)c1CO[C@H]2C.Cc1nnc2n1-c1sc(C#Cc3cnn(C)c3)c(Cc3ccccc3)c1CO[C@H]2C.[C+]#Cc1cnn(C)c1.[Cl][Pd][Cl].[Cu][I].c1ccc(P(c2ccccc2)c2ccccc2)cc1.c1ccc(P(c2ccccc2)c2ccccc2)cc1. The summed E-state index contributed by atoms with van der Waals surface area (Å²) >= 11 is 12.9. The fourth-order valence-electron chi connectivity index (χ4n) is 11.5. The average Bonchev–Trinajstić information content (AvgIpc) is 1.61. The second-order valence-corrected chi connectivity index (χ2v) is 33.5. The second kappa shape index (κ2) is 41.2. The van der Waals surface area contributed by atoms with Crippen LogP contribution in [0, 0.1) is 38.0 Å².